The van der Waals surface area contributed by atoms with Gasteiger partial charge in [-0.05, 0) is 18.2 Å². The first-order chi connectivity index (χ1) is 10.8. The van der Waals surface area contributed by atoms with E-state index in [0.29, 0.717) is 11.1 Å². The van der Waals surface area contributed by atoms with Crippen LogP contribution in [0.4, 0.5) is 8.78 Å². The summed E-state index contributed by atoms with van der Waals surface area (Å²) in [6.45, 7) is 6.25. The number of hydrogen-bond acceptors (Lipinski definition) is 2. The highest BCUT2D eigenvalue weighted by molar-refractivity contribution is 5.46. The Labute approximate surface area is 133 Å². The summed E-state index contributed by atoms with van der Waals surface area (Å²) >= 11 is 0. The molecule has 0 fully saturated rings. The molecule has 0 amide bonds. The Bertz CT molecular complexity index is 940. The SMILES string of the molecule is CC(C)(C)c1cc2ncc(C#Cc3ccc(F)c(F)c3)cn2n1. The zero-order valence-electron chi connectivity index (χ0n) is 13.1. The lowest BCUT2D eigenvalue weighted by atomic mass is 9.93. The topological polar surface area (TPSA) is 30.2 Å². The molecule has 1 aromatic carbocycles. The third-order valence-electron chi connectivity index (χ3n) is 3.35. The second-order valence-electron chi connectivity index (χ2n) is 6.30. The maximum Gasteiger partial charge on any atom is 0.160 e. The Hall–Kier alpha value is -2.74. The molecule has 0 spiro atoms. The molecular weight excluding hydrogens is 296 g/mol. The number of nitrogens with zero attached hydrogens (tertiary/aromatic N) is 3. The second kappa shape index (κ2) is 5.47. The van der Waals surface area contributed by atoms with E-state index in [1.54, 1.807) is 16.9 Å². The van der Waals surface area contributed by atoms with Crippen molar-refractivity contribution in [3.63, 3.8) is 0 Å². The molecule has 0 N–H and O–H groups in total. The maximum atomic E-state index is 13.2. The van der Waals surface area contributed by atoms with Crippen LogP contribution in [0, 0.1) is 23.5 Å². The van der Waals surface area contributed by atoms with Gasteiger partial charge in [0.2, 0.25) is 0 Å². The molecule has 2 aromatic heterocycles. The maximum absolute atomic E-state index is 13.2. The predicted octanol–water partition coefficient (Wildman–Crippen LogP) is 3.70. The van der Waals surface area contributed by atoms with Crippen molar-refractivity contribution < 1.29 is 8.78 Å². The lowest BCUT2D eigenvalue weighted by Gasteiger charge is -2.13. The molecule has 0 aliphatic rings. The molecule has 5 heteroatoms. The minimum absolute atomic E-state index is 0.0643. The predicted molar refractivity (Wildman–Crippen MR) is 84.0 cm³/mol. The van der Waals surface area contributed by atoms with E-state index in [9.17, 15) is 8.78 Å². The van der Waals surface area contributed by atoms with Crippen LogP contribution in [0.15, 0.2) is 36.7 Å². The Morgan fingerprint density at radius 1 is 1.00 bits per heavy atom. The largest absolute Gasteiger partial charge is 0.236 e. The lowest BCUT2D eigenvalue weighted by molar-refractivity contribution is 0.508. The van der Waals surface area contributed by atoms with Gasteiger partial charge in [-0.15, -0.1) is 0 Å². The summed E-state index contributed by atoms with van der Waals surface area (Å²) in [5.74, 6) is 3.88. The van der Waals surface area contributed by atoms with Crippen molar-refractivity contribution in [3.05, 3.63) is 65.1 Å². The van der Waals surface area contributed by atoms with Gasteiger partial charge in [0.25, 0.3) is 0 Å². The van der Waals surface area contributed by atoms with Crippen molar-refractivity contribution in [1.82, 2.24) is 14.6 Å². The summed E-state index contributed by atoms with van der Waals surface area (Å²) < 4.78 is 27.7. The Morgan fingerprint density at radius 2 is 1.74 bits per heavy atom. The van der Waals surface area contributed by atoms with Crippen LogP contribution in [-0.4, -0.2) is 14.6 Å². The Balaban J connectivity index is 1.95. The number of rotatable bonds is 0. The highest BCUT2D eigenvalue weighted by Crippen LogP contribution is 2.21. The molecule has 0 saturated carbocycles. The lowest BCUT2D eigenvalue weighted by Crippen LogP contribution is -2.11. The van der Waals surface area contributed by atoms with E-state index in [1.165, 1.54) is 6.07 Å². The number of benzene rings is 1. The van der Waals surface area contributed by atoms with E-state index >= 15 is 0 Å². The first-order valence-corrected chi connectivity index (χ1v) is 7.16. The third kappa shape index (κ3) is 3.21. The number of halogens is 2. The summed E-state index contributed by atoms with van der Waals surface area (Å²) in [5.41, 5.74) is 2.67. The second-order valence-corrected chi connectivity index (χ2v) is 6.30. The van der Waals surface area contributed by atoms with Crippen molar-refractivity contribution in [2.45, 2.75) is 26.2 Å². The number of aromatic nitrogens is 3. The minimum atomic E-state index is -0.910. The van der Waals surface area contributed by atoms with Gasteiger partial charge in [0.15, 0.2) is 17.3 Å². The van der Waals surface area contributed by atoms with Crippen LogP contribution < -0.4 is 0 Å². The molecule has 0 bridgehead atoms. The molecule has 3 aromatic rings. The van der Waals surface area contributed by atoms with Gasteiger partial charge < -0.3 is 0 Å². The van der Waals surface area contributed by atoms with Crippen molar-refractivity contribution in [3.8, 4) is 11.8 Å². The van der Waals surface area contributed by atoms with Crippen molar-refractivity contribution in [1.29, 1.82) is 0 Å². The quantitative estimate of drug-likeness (QED) is 0.593. The van der Waals surface area contributed by atoms with Crippen LogP contribution in [0.5, 0.6) is 0 Å². The molecule has 116 valence electrons. The van der Waals surface area contributed by atoms with Gasteiger partial charge >= 0.3 is 0 Å². The van der Waals surface area contributed by atoms with E-state index in [0.717, 1.165) is 23.5 Å². The summed E-state index contributed by atoms with van der Waals surface area (Å²) in [5, 5.41) is 4.50. The molecule has 23 heavy (non-hydrogen) atoms. The van der Waals surface area contributed by atoms with E-state index in [-0.39, 0.29) is 5.41 Å². The molecule has 0 aliphatic heterocycles. The molecule has 0 atom stereocenters. The van der Waals surface area contributed by atoms with Gasteiger partial charge in [-0.25, -0.2) is 18.3 Å². The zero-order chi connectivity index (χ0) is 16.6. The van der Waals surface area contributed by atoms with Gasteiger partial charge in [0, 0.05) is 29.4 Å². The number of hydrogen-bond donors (Lipinski definition) is 0. The number of fused-ring (bicyclic) bond motifs is 1. The van der Waals surface area contributed by atoms with Gasteiger partial charge in [0.1, 0.15) is 0 Å². The molecular formula is C18H15F2N3. The average Bonchev–Trinajstić information content (AvgIpc) is 2.92. The van der Waals surface area contributed by atoms with E-state index in [1.807, 2.05) is 6.07 Å². The van der Waals surface area contributed by atoms with Crippen molar-refractivity contribution in [2.24, 2.45) is 0 Å². The van der Waals surface area contributed by atoms with Crippen molar-refractivity contribution in [2.75, 3.05) is 0 Å². The van der Waals surface area contributed by atoms with Crippen LogP contribution >= 0.6 is 0 Å². The fourth-order valence-corrected chi connectivity index (χ4v) is 2.03. The van der Waals surface area contributed by atoms with Crippen LogP contribution in [-0.2, 0) is 5.41 Å². The van der Waals surface area contributed by atoms with E-state index in [4.69, 9.17) is 0 Å². The summed E-state index contributed by atoms with van der Waals surface area (Å²) in [4.78, 5) is 4.32. The first kappa shape index (κ1) is 15.2. The average molecular weight is 311 g/mol. The van der Waals surface area contributed by atoms with Crippen LogP contribution in [0.1, 0.15) is 37.6 Å². The van der Waals surface area contributed by atoms with Crippen LogP contribution in [0.3, 0.4) is 0 Å². The molecule has 0 aliphatic carbocycles. The van der Waals surface area contributed by atoms with Crippen LogP contribution in [0.25, 0.3) is 5.65 Å². The van der Waals surface area contributed by atoms with E-state index < -0.39 is 11.6 Å². The van der Waals surface area contributed by atoms with Gasteiger partial charge in [0.05, 0.1) is 11.3 Å². The molecule has 0 radical (unpaired) electrons. The van der Waals surface area contributed by atoms with Crippen molar-refractivity contribution >= 4 is 5.65 Å². The normalized spacial score (nSPS) is 11.3. The summed E-state index contributed by atoms with van der Waals surface area (Å²) in [6.07, 6.45) is 3.40. The Morgan fingerprint density at radius 3 is 2.43 bits per heavy atom. The standard InChI is InChI=1S/C18H15F2N3/c1-18(2,3)16-9-17-21-10-13(11-23(17)22-16)5-4-12-6-7-14(19)15(20)8-12/h6-11H,1-3H3. The molecule has 2 heterocycles. The molecule has 0 saturated heterocycles. The smallest absolute Gasteiger partial charge is 0.160 e. The summed E-state index contributed by atoms with van der Waals surface area (Å²) in [7, 11) is 0. The molecule has 3 rings (SSSR count). The Kier molecular flexibility index (Phi) is 3.61. The zero-order valence-corrected chi connectivity index (χ0v) is 13.1. The summed E-state index contributed by atoms with van der Waals surface area (Å²) in [6, 6.07) is 5.50. The van der Waals surface area contributed by atoms with Crippen LogP contribution in [0.2, 0.25) is 0 Å². The third-order valence-corrected chi connectivity index (χ3v) is 3.35. The van der Waals surface area contributed by atoms with Gasteiger partial charge in [-0.1, -0.05) is 32.6 Å². The van der Waals surface area contributed by atoms with Gasteiger partial charge in [-0.3, -0.25) is 0 Å². The van der Waals surface area contributed by atoms with Gasteiger partial charge in [-0.2, -0.15) is 5.10 Å². The van der Waals surface area contributed by atoms with E-state index in [2.05, 4.69) is 42.7 Å². The highest BCUT2D eigenvalue weighted by atomic mass is 19.2. The fourth-order valence-electron chi connectivity index (χ4n) is 2.03. The molecule has 0 unspecified atom stereocenters. The monoisotopic (exact) mass is 311 g/mol. The minimum Gasteiger partial charge on any atom is -0.236 e. The first-order valence-electron chi connectivity index (χ1n) is 7.16. The highest BCUT2D eigenvalue weighted by Gasteiger charge is 2.18. The fraction of sp³-hybridized carbons (Fsp3) is 0.222. The molecule has 3 nitrogen and oxygen atoms in total.